The first-order valence-corrected chi connectivity index (χ1v) is 5.96. The molecule has 1 N–H and O–H groups in total. The van der Waals surface area contributed by atoms with E-state index < -0.39 is 18.0 Å². The van der Waals surface area contributed by atoms with Crippen molar-refractivity contribution >= 4 is 17.7 Å². The van der Waals surface area contributed by atoms with Crippen LogP contribution in [0.1, 0.15) is 12.5 Å². The Morgan fingerprint density at radius 2 is 2.32 bits per heavy atom. The Balaban J connectivity index is 2.09. The van der Waals surface area contributed by atoms with Gasteiger partial charge in [0.05, 0.1) is 18.8 Å². The molecule has 1 heterocycles. The van der Waals surface area contributed by atoms with E-state index in [1.54, 1.807) is 19.1 Å². The summed E-state index contributed by atoms with van der Waals surface area (Å²) in [7, 11) is 0. The molecule has 102 valence electrons. The molecule has 1 atom stereocenters. The molecule has 1 aromatic carbocycles. The number of carbonyl (C=O) groups is 2. The van der Waals surface area contributed by atoms with Gasteiger partial charge in [0.1, 0.15) is 11.9 Å². The van der Waals surface area contributed by atoms with Crippen molar-refractivity contribution in [2.75, 3.05) is 18.0 Å². The van der Waals surface area contributed by atoms with E-state index in [1.807, 2.05) is 0 Å². The summed E-state index contributed by atoms with van der Waals surface area (Å²) in [5.41, 5.74) is 0.976. The summed E-state index contributed by atoms with van der Waals surface area (Å²) in [6.45, 7) is 3.60. The van der Waals surface area contributed by atoms with Gasteiger partial charge in [-0.05, 0) is 24.6 Å². The summed E-state index contributed by atoms with van der Waals surface area (Å²) in [4.78, 5) is 23.7. The minimum absolute atomic E-state index is 0.195. The standard InChI is InChI=1S/C13H15FN2O3/c1-8-3-4-12(11(14)5-8)16-7-10(19-13(16)18)6-15-9(2)17/h3-5,10H,6-7H2,1-2H3,(H,15,17). The minimum atomic E-state index is -0.599. The number of halogens is 1. The second-order valence-electron chi connectivity index (χ2n) is 4.51. The first-order valence-electron chi connectivity index (χ1n) is 5.96. The fourth-order valence-electron chi connectivity index (χ4n) is 1.91. The summed E-state index contributed by atoms with van der Waals surface area (Å²) < 4.78 is 18.9. The van der Waals surface area contributed by atoms with Gasteiger partial charge in [0, 0.05) is 6.92 Å². The van der Waals surface area contributed by atoms with Crippen LogP contribution < -0.4 is 10.2 Å². The maximum atomic E-state index is 13.8. The number of nitrogens with zero attached hydrogens (tertiary/aromatic N) is 1. The molecule has 2 amide bonds. The Bertz CT molecular complexity index is 519. The molecule has 1 saturated heterocycles. The highest BCUT2D eigenvalue weighted by Crippen LogP contribution is 2.25. The van der Waals surface area contributed by atoms with Gasteiger partial charge in [-0.15, -0.1) is 0 Å². The normalized spacial score (nSPS) is 18.4. The van der Waals surface area contributed by atoms with Crippen LogP contribution in [0.5, 0.6) is 0 Å². The molecule has 0 saturated carbocycles. The number of rotatable bonds is 3. The van der Waals surface area contributed by atoms with E-state index in [-0.39, 0.29) is 24.7 Å². The fourth-order valence-corrected chi connectivity index (χ4v) is 1.91. The van der Waals surface area contributed by atoms with Crippen molar-refractivity contribution in [3.63, 3.8) is 0 Å². The lowest BCUT2D eigenvalue weighted by Gasteiger charge is -2.14. The van der Waals surface area contributed by atoms with E-state index in [1.165, 1.54) is 17.9 Å². The number of ether oxygens (including phenoxy) is 1. The predicted octanol–water partition coefficient (Wildman–Crippen LogP) is 1.60. The number of hydrogen-bond acceptors (Lipinski definition) is 3. The fraction of sp³-hybridized carbons (Fsp3) is 0.385. The maximum absolute atomic E-state index is 13.8. The topological polar surface area (TPSA) is 58.6 Å². The molecule has 0 bridgehead atoms. The Morgan fingerprint density at radius 1 is 1.58 bits per heavy atom. The van der Waals surface area contributed by atoms with Gasteiger partial charge in [-0.2, -0.15) is 0 Å². The van der Waals surface area contributed by atoms with Crippen molar-refractivity contribution in [2.24, 2.45) is 0 Å². The zero-order valence-electron chi connectivity index (χ0n) is 10.8. The van der Waals surface area contributed by atoms with Gasteiger partial charge in [-0.25, -0.2) is 9.18 Å². The Kier molecular flexibility index (Phi) is 3.69. The third kappa shape index (κ3) is 3.01. The van der Waals surface area contributed by atoms with E-state index in [0.717, 1.165) is 5.56 Å². The molecule has 1 aromatic rings. The molecular formula is C13H15FN2O3. The smallest absolute Gasteiger partial charge is 0.414 e. The highest BCUT2D eigenvalue weighted by Gasteiger charge is 2.33. The number of anilines is 1. The van der Waals surface area contributed by atoms with Gasteiger partial charge in [0.15, 0.2) is 0 Å². The first-order chi connectivity index (χ1) is 8.97. The monoisotopic (exact) mass is 266 g/mol. The molecule has 1 fully saturated rings. The van der Waals surface area contributed by atoms with Crippen molar-refractivity contribution in [3.8, 4) is 0 Å². The molecule has 2 rings (SSSR count). The predicted molar refractivity (Wildman–Crippen MR) is 67.4 cm³/mol. The van der Waals surface area contributed by atoms with Crippen LogP contribution in [-0.4, -0.2) is 31.2 Å². The van der Waals surface area contributed by atoms with Gasteiger partial charge < -0.3 is 10.1 Å². The van der Waals surface area contributed by atoms with Gasteiger partial charge >= 0.3 is 6.09 Å². The van der Waals surface area contributed by atoms with Crippen LogP contribution in [-0.2, 0) is 9.53 Å². The lowest BCUT2D eigenvalue weighted by Crippen LogP contribution is -2.33. The van der Waals surface area contributed by atoms with Crippen molar-refractivity contribution in [2.45, 2.75) is 20.0 Å². The molecule has 1 unspecified atom stereocenters. The van der Waals surface area contributed by atoms with Gasteiger partial charge in [0.25, 0.3) is 0 Å². The van der Waals surface area contributed by atoms with E-state index in [4.69, 9.17) is 4.74 Å². The SMILES string of the molecule is CC(=O)NCC1CN(c2ccc(C)cc2F)C(=O)O1. The quantitative estimate of drug-likeness (QED) is 0.904. The van der Waals surface area contributed by atoms with E-state index in [9.17, 15) is 14.0 Å². The second kappa shape index (κ2) is 5.26. The van der Waals surface area contributed by atoms with Crippen LogP contribution >= 0.6 is 0 Å². The molecule has 0 radical (unpaired) electrons. The van der Waals surface area contributed by atoms with Gasteiger partial charge in [0.2, 0.25) is 5.91 Å². The van der Waals surface area contributed by atoms with Crippen LogP contribution in [0.3, 0.4) is 0 Å². The molecular weight excluding hydrogens is 251 g/mol. The molecule has 19 heavy (non-hydrogen) atoms. The lowest BCUT2D eigenvalue weighted by molar-refractivity contribution is -0.119. The number of benzene rings is 1. The molecule has 0 aromatic heterocycles. The number of nitrogens with one attached hydrogen (secondary N) is 1. The number of hydrogen-bond donors (Lipinski definition) is 1. The van der Waals surface area contributed by atoms with Crippen molar-refractivity contribution in [1.82, 2.24) is 5.32 Å². The average Bonchev–Trinajstić information content (AvgIpc) is 2.68. The minimum Gasteiger partial charge on any atom is -0.442 e. The highest BCUT2D eigenvalue weighted by atomic mass is 19.1. The van der Waals surface area contributed by atoms with Crippen molar-refractivity contribution in [1.29, 1.82) is 0 Å². The van der Waals surface area contributed by atoms with Crippen LogP contribution in [0.2, 0.25) is 0 Å². The summed E-state index contributed by atoms with van der Waals surface area (Å²) in [6.07, 6.45) is -1.06. The van der Waals surface area contributed by atoms with E-state index >= 15 is 0 Å². The van der Waals surface area contributed by atoms with E-state index in [0.29, 0.717) is 0 Å². The molecule has 1 aliphatic heterocycles. The third-order valence-corrected chi connectivity index (χ3v) is 2.85. The molecule has 5 nitrogen and oxygen atoms in total. The maximum Gasteiger partial charge on any atom is 0.414 e. The number of cyclic esters (lactones) is 1. The molecule has 1 aliphatic rings. The Morgan fingerprint density at radius 3 is 2.95 bits per heavy atom. The second-order valence-corrected chi connectivity index (χ2v) is 4.51. The highest BCUT2D eigenvalue weighted by molar-refractivity contribution is 5.90. The zero-order valence-corrected chi connectivity index (χ0v) is 10.8. The summed E-state index contributed by atoms with van der Waals surface area (Å²) in [5, 5.41) is 2.57. The van der Waals surface area contributed by atoms with Gasteiger partial charge in [-0.1, -0.05) is 6.07 Å². The lowest BCUT2D eigenvalue weighted by atomic mass is 10.2. The molecule has 0 spiro atoms. The molecule has 0 aliphatic carbocycles. The van der Waals surface area contributed by atoms with Crippen LogP contribution in [0.4, 0.5) is 14.9 Å². The van der Waals surface area contributed by atoms with Crippen molar-refractivity contribution in [3.05, 3.63) is 29.6 Å². The third-order valence-electron chi connectivity index (χ3n) is 2.85. The van der Waals surface area contributed by atoms with Crippen molar-refractivity contribution < 1.29 is 18.7 Å². The molecule has 6 heteroatoms. The largest absolute Gasteiger partial charge is 0.442 e. The zero-order chi connectivity index (χ0) is 14.0. The number of amides is 2. The number of aryl methyl sites for hydroxylation is 1. The van der Waals surface area contributed by atoms with Crippen LogP contribution in [0, 0.1) is 12.7 Å². The Hall–Kier alpha value is -2.11. The van der Waals surface area contributed by atoms with Gasteiger partial charge in [-0.3, -0.25) is 9.69 Å². The first kappa shape index (κ1) is 13.3. The Labute approximate surface area is 110 Å². The van der Waals surface area contributed by atoms with Crippen LogP contribution in [0.25, 0.3) is 0 Å². The average molecular weight is 266 g/mol. The van der Waals surface area contributed by atoms with Crippen LogP contribution in [0.15, 0.2) is 18.2 Å². The summed E-state index contributed by atoms with van der Waals surface area (Å²) >= 11 is 0. The summed E-state index contributed by atoms with van der Waals surface area (Å²) in [5.74, 6) is -0.659. The summed E-state index contributed by atoms with van der Waals surface area (Å²) in [6, 6.07) is 4.64. The number of carbonyl (C=O) groups excluding carboxylic acids is 2. The van der Waals surface area contributed by atoms with E-state index in [2.05, 4.69) is 5.32 Å².